The molecule has 0 amide bonds. The van der Waals surface area contributed by atoms with E-state index >= 15 is 0 Å². The van der Waals surface area contributed by atoms with Crippen molar-refractivity contribution in [2.45, 2.75) is 20.4 Å². The Morgan fingerprint density at radius 1 is 1.15 bits per heavy atom. The zero-order valence-electron chi connectivity index (χ0n) is 11.4. The number of rotatable bonds is 4. The minimum atomic E-state index is 0.532. The second-order valence-corrected chi connectivity index (χ2v) is 5.56. The molecule has 20 heavy (non-hydrogen) atoms. The number of hydrogen-bond donors (Lipinski definition) is 1. The summed E-state index contributed by atoms with van der Waals surface area (Å²) in [6.07, 6.45) is 0. The molecule has 2 heterocycles. The molecule has 0 fully saturated rings. The summed E-state index contributed by atoms with van der Waals surface area (Å²) < 4.78 is 5.27. The van der Waals surface area contributed by atoms with Crippen molar-refractivity contribution < 1.29 is 4.52 Å². The Morgan fingerprint density at radius 3 is 2.65 bits per heavy atom. The predicted octanol–water partition coefficient (Wildman–Crippen LogP) is 4.03. The van der Waals surface area contributed by atoms with Crippen molar-refractivity contribution in [3.63, 3.8) is 0 Å². The van der Waals surface area contributed by atoms with E-state index in [1.54, 1.807) is 11.3 Å². The lowest BCUT2D eigenvalue weighted by Gasteiger charge is -2.10. The van der Waals surface area contributed by atoms with E-state index in [2.05, 4.69) is 47.5 Å². The van der Waals surface area contributed by atoms with Crippen molar-refractivity contribution in [2.75, 3.05) is 5.32 Å². The summed E-state index contributed by atoms with van der Waals surface area (Å²) in [6, 6.07) is 10.2. The number of hydrogen-bond acceptors (Lipinski definition) is 5. The first-order valence-electron chi connectivity index (χ1n) is 6.40. The summed E-state index contributed by atoms with van der Waals surface area (Å²) in [7, 11) is 0. The van der Waals surface area contributed by atoms with Gasteiger partial charge in [-0.15, -0.1) is 11.3 Å². The lowest BCUT2D eigenvalue weighted by Crippen LogP contribution is -2.03. The van der Waals surface area contributed by atoms with Crippen LogP contribution in [0.15, 0.2) is 40.2 Å². The molecular weight excluding hydrogens is 270 g/mol. The van der Waals surface area contributed by atoms with Crippen LogP contribution in [0, 0.1) is 13.8 Å². The molecule has 0 spiro atoms. The van der Waals surface area contributed by atoms with Gasteiger partial charge in [-0.25, -0.2) is 0 Å². The predicted molar refractivity (Wildman–Crippen MR) is 80.9 cm³/mol. The lowest BCUT2D eigenvalue weighted by atomic mass is 10.1. The molecule has 1 N–H and O–H groups in total. The Bertz CT molecular complexity index is 683. The van der Waals surface area contributed by atoms with Crippen LogP contribution >= 0.6 is 11.3 Å². The minimum absolute atomic E-state index is 0.532. The standard InChI is InChI=1S/C15H15N3OS/c1-10-5-3-6-11(2)14(10)16-9-13-17-15(18-19-13)12-7-4-8-20-12/h3-8,16H,9H2,1-2H3. The Balaban J connectivity index is 1.73. The molecule has 0 unspecified atom stereocenters. The first-order chi connectivity index (χ1) is 9.74. The Morgan fingerprint density at radius 2 is 1.95 bits per heavy atom. The number of nitrogens with one attached hydrogen (secondary N) is 1. The van der Waals surface area contributed by atoms with E-state index in [4.69, 9.17) is 4.52 Å². The average Bonchev–Trinajstić information content (AvgIpc) is 3.09. The van der Waals surface area contributed by atoms with Crippen molar-refractivity contribution in [2.24, 2.45) is 0 Å². The molecule has 0 saturated carbocycles. The third kappa shape index (κ3) is 2.58. The summed E-state index contributed by atoms with van der Waals surface area (Å²) in [6.45, 7) is 4.70. The highest BCUT2D eigenvalue weighted by molar-refractivity contribution is 7.13. The van der Waals surface area contributed by atoms with E-state index in [0.717, 1.165) is 10.6 Å². The Kier molecular flexibility index (Phi) is 3.52. The third-order valence-electron chi connectivity index (χ3n) is 3.11. The average molecular weight is 285 g/mol. The molecule has 102 valence electrons. The van der Waals surface area contributed by atoms with Gasteiger partial charge in [-0.2, -0.15) is 4.98 Å². The van der Waals surface area contributed by atoms with Gasteiger partial charge in [-0.3, -0.25) is 0 Å². The number of para-hydroxylation sites is 1. The Labute approximate surface area is 121 Å². The number of benzene rings is 1. The molecular formula is C15H15N3OS. The van der Waals surface area contributed by atoms with Crippen molar-refractivity contribution >= 4 is 17.0 Å². The molecule has 3 rings (SSSR count). The van der Waals surface area contributed by atoms with Crippen LogP contribution < -0.4 is 5.32 Å². The highest BCUT2D eigenvalue weighted by atomic mass is 32.1. The molecule has 0 saturated heterocycles. The normalized spacial score (nSPS) is 10.7. The summed E-state index contributed by atoms with van der Waals surface area (Å²) in [5.74, 6) is 1.24. The van der Waals surface area contributed by atoms with Crippen molar-refractivity contribution in [3.05, 3.63) is 52.7 Å². The third-order valence-corrected chi connectivity index (χ3v) is 3.97. The number of aromatic nitrogens is 2. The second-order valence-electron chi connectivity index (χ2n) is 4.61. The van der Waals surface area contributed by atoms with Crippen molar-refractivity contribution in [1.29, 1.82) is 0 Å². The smallest absolute Gasteiger partial charge is 0.246 e. The summed E-state index contributed by atoms with van der Waals surface area (Å²) >= 11 is 1.60. The van der Waals surface area contributed by atoms with Crippen LogP contribution in [0.1, 0.15) is 17.0 Å². The van der Waals surface area contributed by atoms with Gasteiger partial charge >= 0.3 is 0 Å². The summed E-state index contributed by atoms with van der Waals surface area (Å²) in [5.41, 5.74) is 3.55. The fourth-order valence-corrected chi connectivity index (χ4v) is 2.74. The Hall–Kier alpha value is -2.14. The van der Waals surface area contributed by atoms with Gasteiger partial charge in [0.05, 0.1) is 11.4 Å². The van der Waals surface area contributed by atoms with E-state index in [9.17, 15) is 0 Å². The summed E-state index contributed by atoms with van der Waals surface area (Å²) in [4.78, 5) is 5.42. The summed E-state index contributed by atoms with van der Waals surface area (Å²) in [5, 5.41) is 9.36. The maximum atomic E-state index is 5.27. The SMILES string of the molecule is Cc1cccc(C)c1NCc1nc(-c2cccs2)no1. The molecule has 0 aliphatic heterocycles. The molecule has 2 aromatic heterocycles. The maximum Gasteiger partial charge on any atom is 0.246 e. The lowest BCUT2D eigenvalue weighted by molar-refractivity contribution is 0.384. The second kappa shape index (κ2) is 5.46. The maximum absolute atomic E-state index is 5.27. The highest BCUT2D eigenvalue weighted by Crippen LogP contribution is 2.23. The molecule has 0 bridgehead atoms. The molecule has 0 aliphatic rings. The minimum Gasteiger partial charge on any atom is -0.376 e. The largest absolute Gasteiger partial charge is 0.376 e. The molecule has 5 heteroatoms. The van der Waals surface area contributed by atoms with Crippen molar-refractivity contribution in [1.82, 2.24) is 10.1 Å². The molecule has 1 aromatic carbocycles. The van der Waals surface area contributed by atoms with E-state index in [1.807, 2.05) is 17.5 Å². The van der Waals surface area contributed by atoms with E-state index in [-0.39, 0.29) is 0 Å². The van der Waals surface area contributed by atoms with Gasteiger partial charge in [0, 0.05) is 5.69 Å². The van der Waals surface area contributed by atoms with Crippen LogP contribution in [0.3, 0.4) is 0 Å². The molecule has 0 aliphatic carbocycles. The fourth-order valence-electron chi connectivity index (χ4n) is 2.09. The number of anilines is 1. The first kappa shape index (κ1) is 12.9. The van der Waals surface area contributed by atoms with Gasteiger partial charge in [0.1, 0.15) is 0 Å². The molecule has 4 nitrogen and oxygen atoms in total. The van der Waals surface area contributed by atoms with Gasteiger partial charge < -0.3 is 9.84 Å². The van der Waals surface area contributed by atoms with Crippen LogP contribution in [0.5, 0.6) is 0 Å². The molecule has 0 atom stereocenters. The molecule has 3 aromatic rings. The number of nitrogens with zero attached hydrogens (tertiary/aromatic N) is 2. The topological polar surface area (TPSA) is 51.0 Å². The van der Waals surface area contributed by atoms with Gasteiger partial charge in [0.15, 0.2) is 0 Å². The van der Waals surface area contributed by atoms with Crippen molar-refractivity contribution in [3.8, 4) is 10.7 Å². The van der Waals surface area contributed by atoms with Crippen LogP contribution in [0.4, 0.5) is 5.69 Å². The fraction of sp³-hybridized carbons (Fsp3) is 0.200. The zero-order chi connectivity index (χ0) is 13.9. The van der Waals surface area contributed by atoms with Gasteiger partial charge in [0.2, 0.25) is 11.7 Å². The van der Waals surface area contributed by atoms with E-state index in [0.29, 0.717) is 18.3 Å². The van der Waals surface area contributed by atoms with Crippen LogP contribution in [-0.2, 0) is 6.54 Å². The van der Waals surface area contributed by atoms with Gasteiger partial charge in [-0.05, 0) is 36.4 Å². The van der Waals surface area contributed by atoms with Crippen LogP contribution in [0.2, 0.25) is 0 Å². The monoisotopic (exact) mass is 285 g/mol. The van der Waals surface area contributed by atoms with E-state index in [1.165, 1.54) is 11.1 Å². The first-order valence-corrected chi connectivity index (χ1v) is 7.28. The van der Waals surface area contributed by atoms with Gasteiger partial charge in [0.25, 0.3) is 0 Å². The van der Waals surface area contributed by atoms with E-state index < -0.39 is 0 Å². The van der Waals surface area contributed by atoms with Crippen LogP contribution in [0.25, 0.3) is 10.7 Å². The number of aryl methyl sites for hydroxylation is 2. The van der Waals surface area contributed by atoms with Crippen LogP contribution in [-0.4, -0.2) is 10.1 Å². The number of thiophene rings is 1. The van der Waals surface area contributed by atoms with Gasteiger partial charge in [-0.1, -0.05) is 29.4 Å². The zero-order valence-corrected chi connectivity index (χ0v) is 12.2. The molecule has 0 radical (unpaired) electrons. The quantitative estimate of drug-likeness (QED) is 0.786. The highest BCUT2D eigenvalue weighted by Gasteiger charge is 2.10.